The number of nitrogens with two attached hydrogens (primary N) is 1. The maximum atomic E-state index is 6.00. The molecule has 18 heavy (non-hydrogen) atoms. The highest BCUT2D eigenvalue weighted by atomic mass is 16.5. The minimum atomic E-state index is 0.187. The molecule has 1 aromatic carbocycles. The Labute approximate surface area is 106 Å². The molecule has 1 atom stereocenters. The van der Waals surface area contributed by atoms with Gasteiger partial charge in [0.15, 0.2) is 0 Å². The number of nitrogens with zero attached hydrogens (tertiary/aromatic N) is 1. The summed E-state index contributed by atoms with van der Waals surface area (Å²) in [4.78, 5) is 0. The Bertz CT molecular complexity index is 563. The van der Waals surface area contributed by atoms with Crippen molar-refractivity contribution in [2.45, 2.75) is 32.4 Å². The second-order valence-electron chi connectivity index (χ2n) is 4.72. The van der Waals surface area contributed by atoms with E-state index in [0.29, 0.717) is 6.61 Å². The molecule has 1 aliphatic rings. The molecule has 0 saturated carbocycles. The highest BCUT2D eigenvalue weighted by Gasteiger charge is 2.19. The van der Waals surface area contributed by atoms with E-state index in [-0.39, 0.29) is 6.04 Å². The molecule has 0 fully saturated rings. The van der Waals surface area contributed by atoms with Crippen LogP contribution in [0.3, 0.4) is 0 Å². The monoisotopic (exact) mass is 244 g/mol. The van der Waals surface area contributed by atoms with E-state index in [1.165, 1.54) is 11.1 Å². The molecule has 4 heteroatoms. The van der Waals surface area contributed by atoms with Crippen LogP contribution in [0.5, 0.6) is 5.75 Å². The molecule has 4 nitrogen and oxygen atoms in total. The molecule has 1 aliphatic carbocycles. The molecular formula is C14H16N2O2. The first-order valence-electron chi connectivity index (χ1n) is 6.16. The first-order chi connectivity index (χ1) is 8.72. The first-order valence-corrected chi connectivity index (χ1v) is 6.16. The molecule has 94 valence electrons. The Morgan fingerprint density at radius 2 is 2.33 bits per heavy atom. The van der Waals surface area contributed by atoms with Gasteiger partial charge in [-0.05, 0) is 43.0 Å². The predicted molar refractivity (Wildman–Crippen MR) is 67.3 cm³/mol. The average molecular weight is 244 g/mol. The van der Waals surface area contributed by atoms with E-state index in [1.54, 1.807) is 0 Å². The molecule has 2 aromatic rings. The molecule has 0 saturated heterocycles. The van der Waals surface area contributed by atoms with Gasteiger partial charge in [0.25, 0.3) is 0 Å². The van der Waals surface area contributed by atoms with Gasteiger partial charge in [0, 0.05) is 12.1 Å². The van der Waals surface area contributed by atoms with Crippen molar-refractivity contribution in [3.8, 4) is 5.75 Å². The Balaban J connectivity index is 1.70. The number of rotatable bonds is 3. The Morgan fingerprint density at radius 1 is 1.44 bits per heavy atom. The molecule has 3 rings (SSSR count). The third-order valence-electron chi connectivity index (χ3n) is 3.30. The Hall–Kier alpha value is -1.81. The zero-order chi connectivity index (χ0) is 12.5. The van der Waals surface area contributed by atoms with Gasteiger partial charge in [-0.3, -0.25) is 0 Å². The van der Waals surface area contributed by atoms with Crippen LogP contribution < -0.4 is 10.5 Å². The summed E-state index contributed by atoms with van der Waals surface area (Å²) in [5.41, 5.74) is 9.36. The lowest BCUT2D eigenvalue weighted by Gasteiger charge is -2.08. The zero-order valence-corrected chi connectivity index (χ0v) is 10.3. The number of aryl methyl sites for hydroxylation is 2. The number of aromatic nitrogens is 1. The summed E-state index contributed by atoms with van der Waals surface area (Å²) in [5.74, 6) is 1.66. The minimum absolute atomic E-state index is 0.187. The number of benzene rings is 1. The van der Waals surface area contributed by atoms with Gasteiger partial charge < -0.3 is 15.0 Å². The molecule has 0 aliphatic heterocycles. The number of ether oxygens (including phenoxy) is 1. The molecule has 0 amide bonds. The maximum Gasteiger partial charge on any atom is 0.134 e. The van der Waals surface area contributed by atoms with Gasteiger partial charge in [-0.1, -0.05) is 11.2 Å². The van der Waals surface area contributed by atoms with E-state index in [4.69, 9.17) is 15.0 Å². The first kappa shape index (κ1) is 11.3. The van der Waals surface area contributed by atoms with Gasteiger partial charge in [-0.25, -0.2) is 0 Å². The van der Waals surface area contributed by atoms with E-state index >= 15 is 0 Å². The van der Waals surface area contributed by atoms with E-state index in [1.807, 2.05) is 19.1 Å². The fourth-order valence-electron chi connectivity index (χ4n) is 2.36. The van der Waals surface area contributed by atoms with Gasteiger partial charge in [0.1, 0.15) is 23.8 Å². The third-order valence-corrected chi connectivity index (χ3v) is 3.30. The third kappa shape index (κ3) is 2.11. The lowest BCUT2D eigenvalue weighted by atomic mass is 10.1. The quantitative estimate of drug-likeness (QED) is 0.901. The standard InChI is InChI=1S/C14H16N2O2/c1-9-6-11(16-18-9)8-17-12-3-4-13-10(7-12)2-5-14(13)15/h3-4,6-7,14H,2,5,8,15H2,1H3/t14-/m1/s1. The highest BCUT2D eigenvalue weighted by molar-refractivity contribution is 5.40. The van der Waals surface area contributed by atoms with Crippen molar-refractivity contribution < 1.29 is 9.26 Å². The van der Waals surface area contributed by atoms with Crippen molar-refractivity contribution in [2.75, 3.05) is 0 Å². The smallest absolute Gasteiger partial charge is 0.134 e. The van der Waals surface area contributed by atoms with E-state index in [9.17, 15) is 0 Å². The summed E-state index contributed by atoms with van der Waals surface area (Å²) in [6, 6.07) is 8.18. The van der Waals surface area contributed by atoms with Gasteiger partial charge >= 0.3 is 0 Å². The molecule has 0 bridgehead atoms. The second kappa shape index (κ2) is 4.46. The summed E-state index contributed by atoms with van der Waals surface area (Å²) >= 11 is 0. The predicted octanol–water partition coefficient (Wildman–Crippen LogP) is 2.51. The summed E-state index contributed by atoms with van der Waals surface area (Å²) in [7, 11) is 0. The van der Waals surface area contributed by atoms with Gasteiger partial charge in [-0.15, -0.1) is 0 Å². The van der Waals surface area contributed by atoms with Gasteiger partial charge in [0.05, 0.1) is 0 Å². The maximum absolute atomic E-state index is 6.00. The molecule has 1 heterocycles. The molecular weight excluding hydrogens is 228 g/mol. The van der Waals surface area contributed by atoms with Crippen molar-refractivity contribution in [2.24, 2.45) is 5.73 Å². The fraction of sp³-hybridized carbons (Fsp3) is 0.357. The fourth-order valence-corrected chi connectivity index (χ4v) is 2.36. The summed E-state index contributed by atoms with van der Waals surface area (Å²) in [6.07, 6.45) is 2.07. The number of fused-ring (bicyclic) bond motifs is 1. The van der Waals surface area contributed by atoms with Gasteiger partial charge in [-0.2, -0.15) is 0 Å². The molecule has 0 radical (unpaired) electrons. The lowest BCUT2D eigenvalue weighted by molar-refractivity contribution is 0.287. The van der Waals surface area contributed by atoms with Crippen LogP contribution in [0, 0.1) is 6.92 Å². The molecule has 0 spiro atoms. The average Bonchev–Trinajstić information content (AvgIpc) is 2.94. The summed E-state index contributed by atoms with van der Waals surface area (Å²) < 4.78 is 10.7. The second-order valence-corrected chi connectivity index (χ2v) is 4.72. The number of hydrogen-bond acceptors (Lipinski definition) is 4. The van der Waals surface area contributed by atoms with Crippen molar-refractivity contribution in [1.82, 2.24) is 5.16 Å². The molecule has 2 N–H and O–H groups in total. The van der Waals surface area contributed by atoms with Crippen molar-refractivity contribution in [3.05, 3.63) is 46.8 Å². The van der Waals surface area contributed by atoms with Crippen LogP contribution in [0.1, 0.15) is 35.0 Å². The van der Waals surface area contributed by atoms with Crippen LogP contribution in [0.2, 0.25) is 0 Å². The van der Waals surface area contributed by atoms with Crippen LogP contribution in [-0.4, -0.2) is 5.16 Å². The van der Waals surface area contributed by atoms with Crippen LogP contribution >= 0.6 is 0 Å². The normalized spacial score (nSPS) is 17.8. The summed E-state index contributed by atoms with van der Waals surface area (Å²) in [5, 5.41) is 3.90. The van der Waals surface area contributed by atoms with Crippen LogP contribution in [0.4, 0.5) is 0 Å². The van der Waals surface area contributed by atoms with Crippen LogP contribution in [0.15, 0.2) is 28.8 Å². The Morgan fingerprint density at radius 3 is 3.11 bits per heavy atom. The van der Waals surface area contributed by atoms with E-state index < -0.39 is 0 Å². The number of hydrogen-bond donors (Lipinski definition) is 1. The molecule has 0 unspecified atom stereocenters. The van der Waals surface area contributed by atoms with Crippen molar-refractivity contribution in [1.29, 1.82) is 0 Å². The molecule has 1 aromatic heterocycles. The van der Waals surface area contributed by atoms with Crippen LogP contribution in [-0.2, 0) is 13.0 Å². The minimum Gasteiger partial charge on any atom is -0.487 e. The Kier molecular flexibility index (Phi) is 2.80. The van der Waals surface area contributed by atoms with Crippen molar-refractivity contribution >= 4 is 0 Å². The van der Waals surface area contributed by atoms with E-state index in [2.05, 4.69) is 17.3 Å². The van der Waals surface area contributed by atoms with Gasteiger partial charge in [0.2, 0.25) is 0 Å². The van der Waals surface area contributed by atoms with Crippen LogP contribution in [0.25, 0.3) is 0 Å². The van der Waals surface area contributed by atoms with Crippen molar-refractivity contribution in [3.63, 3.8) is 0 Å². The zero-order valence-electron chi connectivity index (χ0n) is 10.3. The SMILES string of the molecule is Cc1cc(COc2ccc3c(c2)CC[C@H]3N)no1. The largest absolute Gasteiger partial charge is 0.487 e. The highest BCUT2D eigenvalue weighted by Crippen LogP contribution is 2.31. The lowest BCUT2D eigenvalue weighted by Crippen LogP contribution is -2.05. The summed E-state index contributed by atoms with van der Waals surface area (Å²) in [6.45, 7) is 2.30. The van der Waals surface area contributed by atoms with E-state index in [0.717, 1.165) is 30.0 Å². The topological polar surface area (TPSA) is 61.3 Å².